The van der Waals surface area contributed by atoms with Gasteiger partial charge in [0, 0.05) is 30.1 Å². The summed E-state index contributed by atoms with van der Waals surface area (Å²) in [5.74, 6) is -0.191. The molecule has 0 bridgehead atoms. The molecule has 2 heterocycles. The van der Waals surface area contributed by atoms with E-state index in [4.69, 9.17) is 0 Å². The lowest BCUT2D eigenvalue weighted by Crippen LogP contribution is -2.31. The molecule has 2 aromatic rings. The molecule has 2 aromatic heterocycles. The van der Waals surface area contributed by atoms with E-state index < -0.39 is 5.97 Å². The number of aromatic carboxylic acids is 1. The smallest absolute Gasteiger partial charge is 0.335 e. The Balaban J connectivity index is 2.22. The van der Waals surface area contributed by atoms with Gasteiger partial charge in [0.05, 0.1) is 5.56 Å². The molecule has 1 atom stereocenters. The molecule has 0 fully saturated rings. The lowest BCUT2D eigenvalue weighted by atomic mass is 10.1. The topological polar surface area (TPSA) is 53.4 Å². The molecule has 0 amide bonds. The van der Waals surface area contributed by atoms with Crippen LogP contribution >= 0.6 is 11.3 Å². The summed E-state index contributed by atoms with van der Waals surface area (Å²) >= 11 is 1.74. The highest BCUT2D eigenvalue weighted by atomic mass is 32.1. The average Bonchev–Trinajstić information content (AvgIpc) is 2.98. The van der Waals surface area contributed by atoms with Gasteiger partial charge in [-0.3, -0.25) is 0 Å². The van der Waals surface area contributed by atoms with Crippen molar-refractivity contribution in [3.05, 3.63) is 45.8 Å². The molecule has 0 aliphatic rings. The maximum Gasteiger partial charge on any atom is 0.335 e. The number of hydrogen-bond acceptors (Lipinski definition) is 4. The monoisotopic (exact) mass is 304 g/mol. The van der Waals surface area contributed by atoms with E-state index in [-0.39, 0.29) is 6.04 Å². The number of aryl methyl sites for hydroxylation is 1. The summed E-state index contributed by atoms with van der Waals surface area (Å²) in [6.07, 6.45) is 1.65. The summed E-state index contributed by atoms with van der Waals surface area (Å²) in [5, 5.41) is 11.3. The number of likely N-dealkylation sites (N-methyl/N-ethyl adjacent to an activating group) is 1. The van der Waals surface area contributed by atoms with Crippen molar-refractivity contribution in [2.24, 2.45) is 0 Å². The first-order valence-corrected chi connectivity index (χ1v) is 7.88. The molecule has 21 heavy (non-hydrogen) atoms. The Hall–Kier alpha value is -1.88. The van der Waals surface area contributed by atoms with Gasteiger partial charge in [-0.05, 0) is 36.9 Å². The summed E-state index contributed by atoms with van der Waals surface area (Å²) in [7, 11) is 1.96. The Labute approximate surface area is 129 Å². The Morgan fingerprint density at radius 1 is 1.48 bits per heavy atom. The number of carboxylic acid groups (broad SMARTS) is 1. The molecule has 0 spiro atoms. The van der Waals surface area contributed by atoms with E-state index in [1.165, 1.54) is 4.88 Å². The fraction of sp³-hybridized carbons (Fsp3) is 0.375. The Bertz CT molecular complexity index is 611. The molecule has 2 rings (SSSR count). The minimum Gasteiger partial charge on any atom is -0.478 e. The van der Waals surface area contributed by atoms with Gasteiger partial charge in [0.1, 0.15) is 5.82 Å². The first-order chi connectivity index (χ1) is 10.0. The zero-order valence-corrected chi connectivity index (χ0v) is 13.4. The van der Waals surface area contributed by atoms with Crippen molar-refractivity contribution < 1.29 is 9.90 Å². The third kappa shape index (κ3) is 3.82. The van der Waals surface area contributed by atoms with E-state index in [1.54, 1.807) is 23.5 Å². The van der Waals surface area contributed by atoms with E-state index in [2.05, 4.69) is 23.4 Å². The van der Waals surface area contributed by atoms with Gasteiger partial charge in [-0.15, -0.1) is 11.3 Å². The predicted molar refractivity (Wildman–Crippen MR) is 86.5 cm³/mol. The number of hydrogen-bond donors (Lipinski definition) is 1. The van der Waals surface area contributed by atoms with Crippen molar-refractivity contribution >= 4 is 23.1 Å². The van der Waals surface area contributed by atoms with Gasteiger partial charge >= 0.3 is 5.97 Å². The number of nitrogens with zero attached hydrogens (tertiary/aromatic N) is 2. The van der Waals surface area contributed by atoms with Gasteiger partial charge in [-0.2, -0.15) is 0 Å². The zero-order valence-electron chi connectivity index (χ0n) is 12.5. The summed E-state index contributed by atoms with van der Waals surface area (Å²) in [4.78, 5) is 19.1. The van der Waals surface area contributed by atoms with Crippen LogP contribution in [0, 0.1) is 0 Å². The van der Waals surface area contributed by atoms with Crippen LogP contribution in [-0.4, -0.2) is 29.1 Å². The Morgan fingerprint density at radius 3 is 2.81 bits per heavy atom. The second-order valence-electron chi connectivity index (χ2n) is 5.11. The van der Waals surface area contributed by atoms with E-state index in [9.17, 15) is 9.90 Å². The Kier molecular flexibility index (Phi) is 4.96. The molecule has 0 saturated heterocycles. The van der Waals surface area contributed by atoms with Crippen molar-refractivity contribution in [1.29, 1.82) is 0 Å². The summed E-state index contributed by atoms with van der Waals surface area (Å²) in [6, 6.07) is 7.71. The minimum absolute atomic E-state index is 0.255. The van der Waals surface area contributed by atoms with Gasteiger partial charge in [-0.1, -0.05) is 13.0 Å². The van der Waals surface area contributed by atoms with Crippen molar-refractivity contribution in [1.82, 2.24) is 4.98 Å². The van der Waals surface area contributed by atoms with Gasteiger partial charge in [0.15, 0.2) is 0 Å². The van der Waals surface area contributed by atoms with Crippen molar-refractivity contribution in [2.45, 2.75) is 32.7 Å². The van der Waals surface area contributed by atoms with Crippen molar-refractivity contribution in [3.8, 4) is 0 Å². The number of thiophene rings is 1. The van der Waals surface area contributed by atoms with Gasteiger partial charge < -0.3 is 10.0 Å². The van der Waals surface area contributed by atoms with E-state index in [0.29, 0.717) is 5.56 Å². The molecule has 1 unspecified atom stereocenters. The van der Waals surface area contributed by atoms with Crippen LogP contribution in [0.15, 0.2) is 29.6 Å². The first-order valence-electron chi connectivity index (χ1n) is 7.00. The molecule has 0 aromatic carbocycles. The average molecular weight is 304 g/mol. The van der Waals surface area contributed by atoms with Crippen LogP contribution in [0.5, 0.6) is 0 Å². The number of rotatable bonds is 6. The number of anilines is 1. The second-order valence-corrected chi connectivity index (χ2v) is 6.14. The van der Waals surface area contributed by atoms with Crippen LogP contribution in [0.4, 0.5) is 5.82 Å². The summed E-state index contributed by atoms with van der Waals surface area (Å²) in [5.41, 5.74) is 1.10. The van der Waals surface area contributed by atoms with Crippen molar-refractivity contribution in [3.63, 3.8) is 0 Å². The van der Waals surface area contributed by atoms with E-state index in [0.717, 1.165) is 24.4 Å². The van der Waals surface area contributed by atoms with Crippen LogP contribution in [0.3, 0.4) is 0 Å². The minimum atomic E-state index is -0.910. The highest BCUT2D eigenvalue weighted by Crippen LogP contribution is 2.20. The molecule has 5 heteroatoms. The first kappa shape index (κ1) is 15.5. The number of carbonyl (C=O) groups is 1. The zero-order chi connectivity index (χ0) is 15.4. The standard InChI is InChI=1S/C16H20N2O2S/c1-4-13-9-12(16(19)20)10-15(17-13)18(3)11(2)8-14-6-5-7-21-14/h5-7,9-11H,4,8H2,1-3H3,(H,19,20). The fourth-order valence-corrected chi connectivity index (χ4v) is 2.97. The third-order valence-corrected chi connectivity index (χ3v) is 4.47. The van der Waals surface area contributed by atoms with Crippen LogP contribution in [0.1, 0.15) is 34.8 Å². The summed E-state index contributed by atoms with van der Waals surface area (Å²) in [6.45, 7) is 4.10. The van der Waals surface area contributed by atoms with Crippen LogP contribution < -0.4 is 4.90 Å². The second kappa shape index (κ2) is 6.72. The maximum absolute atomic E-state index is 11.2. The molecule has 1 N–H and O–H groups in total. The van der Waals surface area contributed by atoms with Crippen LogP contribution in [0.25, 0.3) is 0 Å². The molecule has 0 aliphatic carbocycles. The SMILES string of the molecule is CCc1cc(C(=O)O)cc(N(C)C(C)Cc2cccs2)n1. The quantitative estimate of drug-likeness (QED) is 0.888. The molecular weight excluding hydrogens is 284 g/mol. The maximum atomic E-state index is 11.2. The van der Waals surface area contributed by atoms with E-state index >= 15 is 0 Å². The van der Waals surface area contributed by atoms with E-state index in [1.807, 2.05) is 24.9 Å². The normalized spacial score (nSPS) is 12.1. The highest BCUT2D eigenvalue weighted by molar-refractivity contribution is 7.09. The summed E-state index contributed by atoms with van der Waals surface area (Å²) < 4.78 is 0. The third-order valence-electron chi connectivity index (χ3n) is 3.57. The number of aromatic nitrogens is 1. The van der Waals surface area contributed by atoms with Gasteiger partial charge in [0.25, 0.3) is 0 Å². The Morgan fingerprint density at radius 2 is 2.24 bits per heavy atom. The predicted octanol–water partition coefficient (Wildman–Crippen LogP) is 3.47. The molecule has 0 aliphatic heterocycles. The largest absolute Gasteiger partial charge is 0.478 e. The number of carboxylic acids is 1. The lowest BCUT2D eigenvalue weighted by Gasteiger charge is -2.26. The van der Waals surface area contributed by atoms with Crippen molar-refractivity contribution in [2.75, 3.05) is 11.9 Å². The lowest BCUT2D eigenvalue weighted by molar-refractivity contribution is 0.0696. The molecule has 0 radical (unpaired) electrons. The molecule has 4 nitrogen and oxygen atoms in total. The van der Waals surface area contributed by atoms with Crippen LogP contribution in [-0.2, 0) is 12.8 Å². The van der Waals surface area contributed by atoms with Gasteiger partial charge in [-0.25, -0.2) is 9.78 Å². The molecule has 0 saturated carbocycles. The van der Waals surface area contributed by atoms with Crippen LogP contribution in [0.2, 0.25) is 0 Å². The molecular formula is C16H20N2O2S. The fourth-order valence-electron chi connectivity index (χ4n) is 2.14. The highest BCUT2D eigenvalue weighted by Gasteiger charge is 2.15. The van der Waals surface area contributed by atoms with Gasteiger partial charge in [0.2, 0.25) is 0 Å². The number of pyridine rings is 1. The molecule has 112 valence electrons.